The topological polar surface area (TPSA) is 123 Å². The lowest BCUT2D eigenvalue weighted by Gasteiger charge is -2.25. The molecule has 1 saturated heterocycles. The molecule has 3 N–H and O–H groups in total. The van der Waals surface area contributed by atoms with Crippen molar-refractivity contribution in [3.05, 3.63) is 71.8 Å². The quantitative estimate of drug-likeness (QED) is 0.357. The Balaban J connectivity index is 1.73. The molecule has 1 fully saturated rings. The van der Waals surface area contributed by atoms with Crippen LogP contribution in [0.5, 0.6) is 0 Å². The second-order valence-corrected chi connectivity index (χ2v) is 9.17. The third-order valence-corrected chi connectivity index (χ3v) is 5.69. The van der Waals surface area contributed by atoms with Gasteiger partial charge in [-0.1, -0.05) is 60.7 Å². The summed E-state index contributed by atoms with van der Waals surface area (Å²) >= 11 is 0. The Bertz CT molecular complexity index is 998. The van der Waals surface area contributed by atoms with Crippen LogP contribution in [0.3, 0.4) is 0 Å². The number of carboxylic acids is 1. The first-order valence-corrected chi connectivity index (χ1v) is 12.0. The average molecular weight is 501 g/mol. The van der Waals surface area contributed by atoms with Crippen LogP contribution in [-0.2, 0) is 41.4 Å². The lowest BCUT2D eigenvalue weighted by molar-refractivity contribution is -0.160. The van der Waals surface area contributed by atoms with E-state index in [-0.39, 0.29) is 31.6 Å². The fourth-order valence-electron chi connectivity index (χ4n) is 3.92. The van der Waals surface area contributed by atoms with E-state index < -0.39 is 29.8 Å². The molecule has 0 aromatic heterocycles. The lowest BCUT2D eigenvalue weighted by Crippen LogP contribution is -2.53. The monoisotopic (exact) mass is 500 g/mol. The molecule has 0 bridgehead atoms. The molecule has 1 aliphatic rings. The van der Waals surface area contributed by atoms with Gasteiger partial charge in [0.25, 0.3) is 0 Å². The van der Waals surface area contributed by atoms with Crippen LogP contribution < -0.4 is 10.6 Å². The maximum absolute atomic E-state index is 13.2. The molecule has 3 atom stereocenters. The van der Waals surface area contributed by atoms with Crippen molar-refractivity contribution in [2.75, 3.05) is 19.8 Å². The minimum absolute atomic E-state index is 0.0102. The van der Waals surface area contributed by atoms with Crippen LogP contribution in [0.4, 0.5) is 0 Å². The van der Waals surface area contributed by atoms with Crippen LogP contribution in [0.1, 0.15) is 31.4 Å². The molecular formula is C27H34N2O7. The number of carbonyl (C=O) groups is 3. The molecule has 9 heteroatoms. The van der Waals surface area contributed by atoms with Crippen LogP contribution in [0.25, 0.3) is 0 Å². The minimum Gasteiger partial charge on any atom is -0.481 e. The maximum Gasteiger partial charge on any atom is 0.323 e. The largest absolute Gasteiger partial charge is 0.481 e. The number of esters is 1. The van der Waals surface area contributed by atoms with Gasteiger partial charge in [-0.15, -0.1) is 0 Å². The van der Waals surface area contributed by atoms with Gasteiger partial charge in [-0.3, -0.25) is 19.7 Å². The maximum atomic E-state index is 13.2. The van der Waals surface area contributed by atoms with E-state index in [1.54, 1.807) is 13.8 Å². The SMILES string of the molecule is CC1(C)OCC(COC(=O)C(Cc2ccccc2)N[C@@H](Cc2ccccc2)C(=O)N[14CH2]CC(=O)O)O1. The van der Waals surface area contributed by atoms with Crippen LogP contribution in [0, 0.1) is 0 Å². The standard InChI is InChI=1S/C27H34N2O7/c1-27(2)35-18-21(36-27)17-34-26(33)23(16-20-11-7-4-8-12-20)29-22(15-19-9-5-3-6-10-19)25(32)28-14-13-24(30)31/h3-12,21-23,29H,13-18H2,1-2H3,(H,28,32)(H,30,31)/t21?,22-,23?/m0/s1/i14+2. The Morgan fingerprint density at radius 1 is 1.03 bits per heavy atom. The molecule has 194 valence electrons. The molecule has 0 spiro atoms. The lowest BCUT2D eigenvalue weighted by atomic mass is 10.0. The summed E-state index contributed by atoms with van der Waals surface area (Å²) in [6.45, 7) is 3.93. The van der Waals surface area contributed by atoms with E-state index in [0.717, 1.165) is 11.1 Å². The Morgan fingerprint density at radius 2 is 1.61 bits per heavy atom. The number of ether oxygens (including phenoxy) is 3. The van der Waals surface area contributed by atoms with E-state index in [1.807, 2.05) is 60.7 Å². The Morgan fingerprint density at radius 3 is 2.14 bits per heavy atom. The summed E-state index contributed by atoms with van der Waals surface area (Å²) < 4.78 is 16.8. The molecule has 0 aliphatic carbocycles. The Hall–Kier alpha value is -3.27. The zero-order valence-electron chi connectivity index (χ0n) is 20.6. The number of rotatable bonds is 13. The third-order valence-electron chi connectivity index (χ3n) is 5.69. The molecule has 2 aromatic rings. The van der Waals surface area contributed by atoms with Crippen molar-refractivity contribution in [3.63, 3.8) is 0 Å². The highest BCUT2D eigenvalue weighted by Crippen LogP contribution is 2.22. The van der Waals surface area contributed by atoms with Gasteiger partial charge in [-0.25, -0.2) is 0 Å². The summed E-state index contributed by atoms with van der Waals surface area (Å²) in [4.78, 5) is 37.1. The molecule has 2 aromatic carbocycles. The van der Waals surface area contributed by atoms with E-state index in [1.165, 1.54) is 0 Å². The van der Waals surface area contributed by atoms with Crippen molar-refractivity contribution in [2.45, 2.75) is 57.1 Å². The van der Waals surface area contributed by atoms with Crippen LogP contribution in [0.15, 0.2) is 60.7 Å². The number of hydrogen-bond donors (Lipinski definition) is 3. The van der Waals surface area contributed by atoms with E-state index in [2.05, 4.69) is 10.6 Å². The zero-order chi connectivity index (χ0) is 26.0. The first kappa shape index (κ1) is 27.3. The summed E-state index contributed by atoms with van der Waals surface area (Å²) in [5.41, 5.74) is 1.80. The van der Waals surface area contributed by atoms with Crippen molar-refractivity contribution >= 4 is 17.8 Å². The average Bonchev–Trinajstić information content (AvgIpc) is 3.21. The zero-order valence-corrected chi connectivity index (χ0v) is 20.6. The van der Waals surface area contributed by atoms with Gasteiger partial charge in [0.2, 0.25) is 5.91 Å². The van der Waals surface area contributed by atoms with Gasteiger partial charge < -0.3 is 24.6 Å². The van der Waals surface area contributed by atoms with E-state index in [0.29, 0.717) is 19.4 Å². The second-order valence-electron chi connectivity index (χ2n) is 9.17. The fourth-order valence-corrected chi connectivity index (χ4v) is 3.92. The van der Waals surface area contributed by atoms with Crippen molar-refractivity contribution in [1.82, 2.24) is 10.6 Å². The van der Waals surface area contributed by atoms with Crippen molar-refractivity contribution in [3.8, 4) is 0 Å². The summed E-state index contributed by atoms with van der Waals surface area (Å²) in [7, 11) is 0. The van der Waals surface area contributed by atoms with Gasteiger partial charge in [0.1, 0.15) is 18.8 Å². The predicted octanol–water partition coefficient (Wildman–Crippen LogP) is 2.08. The van der Waals surface area contributed by atoms with Crippen molar-refractivity contribution in [2.24, 2.45) is 0 Å². The highest BCUT2D eigenvalue weighted by atomic mass is 16.7. The normalized spacial score (nSPS) is 18.2. The van der Waals surface area contributed by atoms with Gasteiger partial charge >= 0.3 is 11.9 Å². The number of aliphatic carboxylic acids is 1. The molecule has 2 unspecified atom stereocenters. The Kier molecular flexibility index (Phi) is 9.98. The highest BCUT2D eigenvalue weighted by Gasteiger charge is 2.34. The van der Waals surface area contributed by atoms with Crippen molar-refractivity contribution in [1.29, 1.82) is 0 Å². The summed E-state index contributed by atoms with van der Waals surface area (Å²) in [6.07, 6.45) is 0.0484. The predicted molar refractivity (Wildman–Crippen MR) is 132 cm³/mol. The fraction of sp³-hybridized carbons (Fsp3) is 0.444. The molecule has 1 amide bonds. The van der Waals surface area contributed by atoms with Crippen molar-refractivity contribution < 1.29 is 33.7 Å². The molecule has 0 saturated carbocycles. The molecule has 0 radical (unpaired) electrons. The van der Waals surface area contributed by atoms with Crippen LogP contribution >= 0.6 is 0 Å². The molecule has 1 aliphatic heterocycles. The number of benzene rings is 2. The van der Waals surface area contributed by atoms with E-state index >= 15 is 0 Å². The van der Waals surface area contributed by atoms with Crippen LogP contribution in [-0.4, -0.2) is 66.7 Å². The summed E-state index contributed by atoms with van der Waals surface area (Å²) in [5, 5.41) is 14.7. The molecular weight excluding hydrogens is 466 g/mol. The smallest absolute Gasteiger partial charge is 0.323 e. The first-order valence-electron chi connectivity index (χ1n) is 12.0. The van der Waals surface area contributed by atoms with Gasteiger partial charge in [0, 0.05) is 6.54 Å². The highest BCUT2D eigenvalue weighted by molar-refractivity contribution is 5.84. The number of carboxylic acid groups (broad SMARTS) is 1. The van der Waals surface area contributed by atoms with Gasteiger partial charge in [0.05, 0.1) is 19.1 Å². The van der Waals surface area contributed by atoms with E-state index in [9.17, 15) is 14.4 Å². The summed E-state index contributed by atoms with van der Waals surface area (Å²) in [5.74, 6) is -2.63. The molecule has 9 nitrogen and oxygen atoms in total. The minimum atomic E-state index is -1.00. The first-order chi connectivity index (χ1) is 17.2. The third kappa shape index (κ3) is 9.07. The van der Waals surface area contributed by atoms with Gasteiger partial charge in [-0.2, -0.15) is 0 Å². The number of hydrogen-bond acceptors (Lipinski definition) is 7. The second kappa shape index (κ2) is 13.2. The molecule has 1 heterocycles. The van der Waals surface area contributed by atoms with Crippen LogP contribution in [0.2, 0.25) is 0 Å². The number of amides is 1. The number of carbonyl (C=O) groups excluding carboxylic acids is 2. The van der Waals surface area contributed by atoms with Gasteiger partial charge in [0.15, 0.2) is 5.79 Å². The number of nitrogens with one attached hydrogen (secondary N) is 2. The van der Waals surface area contributed by atoms with Gasteiger partial charge in [-0.05, 0) is 37.8 Å². The molecule has 3 rings (SSSR count). The Labute approximate surface area is 211 Å². The summed E-state index contributed by atoms with van der Waals surface area (Å²) in [6, 6.07) is 17.2. The van der Waals surface area contributed by atoms with E-state index in [4.69, 9.17) is 19.3 Å². The molecule has 36 heavy (non-hydrogen) atoms.